The van der Waals surface area contributed by atoms with Gasteiger partial charge in [-0.3, -0.25) is 4.79 Å². The fraction of sp³-hybridized carbons (Fsp3) is 0.429. The van der Waals surface area contributed by atoms with E-state index in [2.05, 4.69) is 0 Å². The van der Waals surface area contributed by atoms with Crippen molar-refractivity contribution >= 4 is 11.9 Å². The Hall–Kier alpha value is -1.96. The van der Waals surface area contributed by atoms with Crippen LogP contribution in [0.2, 0.25) is 0 Å². The van der Waals surface area contributed by atoms with Crippen molar-refractivity contribution in [3.63, 3.8) is 0 Å². The van der Waals surface area contributed by atoms with Crippen LogP contribution in [0.5, 0.6) is 0 Å². The van der Waals surface area contributed by atoms with Crippen LogP contribution in [0, 0.1) is 0 Å². The maximum atomic E-state index is 9.76. The minimum atomic E-state index is -1.90. The number of carbonyl (C=O) groups excluding carboxylic acids is 1. The Kier molecular flexibility index (Phi) is 8.95. The van der Waals surface area contributed by atoms with E-state index in [0.717, 1.165) is 5.56 Å². The summed E-state index contributed by atoms with van der Waals surface area (Å²) in [6.07, 6.45) is -3.08. The number of carboxylic acid groups (broad SMARTS) is 2. The molecule has 0 bridgehead atoms. The third-order valence-corrected chi connectivity index (χ3v) is 2.80. The Morgan fingerprint density at radius 1 is 1.24 bits per heavy atom. The maximum Gasteiger partial charge on any atom is 0.306 e. The minimum Gasteiger partial charge on any atom is -0.547 e. The molecule has 0 saturated heterocycles. The lowest BCUT2D eigenvalue weighted by Gasteiger charge is -2.15. The number of nitrogens with two attached hydrogens (primary N) is 1. The molecule has 1 aromatic carbocycles. The van der Waals surface area contributed by atoms with Gasteiger partial charge in [0.2, 0.25) is 0 Å². The zero-order chi connectivity index (χ0) is 16.4. The number of aliphatic carboxylic acids is 2. The summed E-state index contributed by atoms with van der Waals surface area (Å²) in [5, 5.41) is 37.5. The van der Waals surface area contributed by atoms with E-state index < -0.39 is 24.5 Å². The normalized spacial score (nSPS) is 14.3. The molecule has 21 heavy (non-hydrogen) atoms. The first-order valence-corrected chi connectivity index (χ1v) is 6.42. The average molecular weight is 299 g/mol. The molecule has 0 fully saturated rings. The summed E-state index contributed by atoms with van der Waals surface area (Å²) in [5.41, 5.74) is 0.989. The van der Waals surface area contributed by atoms with Crippen molar-refractivity contribution in [3.8, 4) is 0 Å². The molecule has 7 heteroatoms. The lowest BCUT2D eigenvalue weighted by Crippen LogP contribution is -2.86. The predicted octanol–water partition coefficient (Wildman–Crippen LogP) is -2.13. The SMILES string of the molecule is C[NH2+][C@@H](C)[C@H](O)c1ccccc1.O=C(O)C[C@H](O)C(=O)[O-]. The Morgan fingerprint density at radius 2 is 1.76 bits per heavy atom. The highest BCUT2D eigenvalue weighted by Gasteiger charge is 2.16. The van der Waals surface area contributed by atoms with Crippen LogP contribution in [-0.4, -0.2) is 46.5 Å². The monoisotopic (exact) mass is 299 g/mol. The number of aliphatic hydroxyl groups is 2. The Bertz CT molecular complexity index is 436. The Morgan fingerprint density at radius 3 is 2.10 bits per heavy atom. The van der Waals surface area contributed by atoms with E-state index in [1.807, 2.05) is 49.6 Å². The maximum absolute atomic E-state index is 9.76. The number of carboxylic acids is 2. The molecule has 0 radical (unpaired) electrons. The highest BCUT2D eigenvalue weighted by molar-refractivity contribution is 5.77. The molecule has 0 unspecified atom stereocenters. The molecule has 0 aliphatic rings. The molecular weight excluding hydrogens is 278 g/mol. The number of aliphatic hydroxyl groups excluding tert-OH is 2. The summed E-state index contributed by atoms with van der Waals surface area (Å²) in [7, 11) is 1.97. The van der Waals surface area contributed by atoms with Crippen LogP contribution < -0.4 is 10.4 Å². The summed E-state index contributed by atoms with van der Waals surface area (Å²) in [6.45, 7) is 2.01. The first kappa shape index (κ1) is 19.0. The number of quaternary nitrogens is 1. The van der Waals surface area contributed by atoms with E-state index in [-0.39, 0.29) is 12.1 Å². The number of hydrogen-bond donors (Lipinski definition) is 4. The van der Waals surface area contributed by atoms with Gasteiger partial charge >= 0.3 is 5.97 Å². The van der Waals surface area contributed by atoms with Crippen LogP contribution in [0.4, 0.5) is 0 Å². The van der Waals surface area contributed by atoms with Crippen molar-refractivity contribution in [2.75, 3.05) is 7.05 Å². The Labute approximate surface area is 122 Å². The van der Waals surface area contributed by atoms with E-state index in [1.54, 1.807) is 0 Å². The quantitative estimate of drug-likeness (QED) is 0.474. The van der Waals surface area contributed by atoms with Crippen molar-refractivity contribution in [2.45, 2.75) is 31.6 Å². The summed E-state index contributed by atoms with van der Waals surface area (Å²) >= 11 is 0. The summed E-state index contributed by atoms with van der Waals surface area (Å²) in [6, 6.07) is 9.96. The smallest absolute Gasteiger partial charge is 0.306 e. The molecule has 0 saturated carbocycles. The number of likely N-dealkylation sites (N-methyl/N-ethyl adjacent to an activating group) is 1. The van der Waals surface area contributed by atoms with Gasteiger partial charge in [0.05, 0.1) is 19.4 Å². The zero-order valence-corrected chi connectivity index (χ0v) is 12.0. The van der Waals surface area contributed by atoms with Crippen molar-refractivity contribution < 1.29 is 35.3 Å². The van der Waals surface area contributed by atoms with Gasteiger partial charge in [0, 0.05) is 0 Å². The number of benzene rings is 1. The summed E-state index contributed by atoms with van der Waals surface area (Å²) in [5.74, 6) is -3.14. The molecule has 0 spiro atoms. The van der Waals surface area contributed by atoms with E-state index in [9.17, 15) is 19.8 Å². The molecule has 0 amide bonds. The van der Waals surface area contributed by atoms with Crippen molar-refractivity contribution in [1.29, 1.82) is 0 Å². The lowest BCUT2D eigenvalue weighted by atomic mass is 10.0. The largest absolute Gasteiger partial charge is 0.547 e. The van der Waals surface area contributed by atoms with Crippen LogP contribution in [0.1, 0.15) is 25.0 Å². The molecule has 0 aliphatic carbocycles. The van der Waals surface area contributed by atoms with Crippen molar-refractivity contribution in [1.82, 2.24) is 0 Å². The second kappa shape index (κ2) is 9.87. The molecule has 5 N–H and O–H groups in total. The minimum absolute atomic E-state index is 0.215. The van der Waals surface area contributed by atoms with E-state index >= 15 is 0 Å². The molecule has 3 atom stereocenters. The summed E-state index contributed by atoms with van der Waals surface area (Å²) < 4.78 is 0. The highest BCUT2D eigenvalue weighted by atomic mass is 16.4. The first-order chi connectivity index (χ1) is 9.79. The molecular formula is C14H21NO6. The second-order valence-corrected chi connectivity index (χ2v) is 4.48. The molecule has 7 nitrogen and oxygen atoms in total. The first-order valence-electron chi connectivity index (χ1n) is 6.42. The van der Waals surface area contributed by atoms with Gasteiger partial charge in [0.15, 0.2) is 0 Å². The number of hydrogen-bond acceptors (Lipinski definition) is 5. The topological polar surface area (TPSA) is 134 Å². The molecule has 0 aromatic heterocycles. The summed E-state index contributed by atoms with van der Waals surface area (Å²) in [4.78, 5) is 19.3. The van der Waals surface area contributed by atoms with Gasteiger partial charge in [0.25, 0.3) is 0 Å². The van der Waals surface area contributed by atoms with Crippen LogP contribution in [0.15, 0.2) is 30.3 Å². The predicted molar refractivity (Wildman–Crippen MR) is 72.0 cm³/mol. The van der Waals surface area contributed by atoms with Gasteiger partial charge < -0.3 is 30.5 Å². The third kappa shape index (κ3) is 8.03. The zero-order valence-electron chi connectivity index (χ0n) is 12.0. The molecule has 0 aliphatic heterocycles. The van der Waals surface area contributed by atoms with Crippen LogP contribution in [-0.2, 0) is 9.59 Å². The van der Waals surface area contributed by atoms with E-state index in [0.29, 0.717) is 0 Å². The van der Waals surface area contributed by atoms with E-state index in [1.165, 1.54) is 0 Å². The van der Waals surface area contributed by atoms with Gasteiger partial charge in [-0.25, -0.2) is 0 Å². The second-order valence-electron chi connectivity index (χ2n) is 4.48. The van der Waals surface area contributed by atoms with Gasteiger partial charge in [-0.2, -0.15) is 0 Å². The molecule has 1 rings (SSSR count). The standard InChI is InChI=1S/C10H15NO.C4H6O5/c1-8(11-2)10(12)9-6-4-3-5-7-9;5-2(4(8)9)1-3(6)7/h3-8,10-12H,1-2H3;2,5H,1H2,(H,6,7)(H,8,9)/t8-,10-;2-/m00/s1. The Balaban J connectivity index is 0.000000400. The van der Waals surface area contributed by atoms with Crippen molar-refractivity contribution in [3.05, 3.63) is 35.9 Å². The van der Waals surface area contributed by atoms with Gasteiger partial charge in [0.1, 0.15) is 18.2 Å². The van der Waals surface area contributed by atoms with Gasteiger partial charge in [-0.15, -0.1) is 0 Å². The van der Waals surface area contributed by atoms with Crippen LogP contribution in [0.25, 0.3) is 0 Å². The molecule has 0 heterocycles. The third-order valence-electron chi connectivity index (χ3n) is 2.80. The lowest BCUT2D eigenvalue weighted by molar-refractivity contribution is -0.669. The molecule has 1 aromatic rings. The van der Waals surface area contributed by atoms with Crippen molar-refractivity contribution in [2.24, 2.45) is 0 Å². The van der Waals surface area contributed by atoms with Crippen LogP contribution >= 0.6 is 0 Å². The molecule has 118 valence electrons. The number of carbonyl (C=O) groups is 2. The number of rotatable bonds is 6. The fourth-order valence-electron chi connectivity index (χ4n) is 1.38. The fourth-order valence-corrected chi connectivity index (χ4v) is 1.38. The van der Waals surface area contributed by atoms with E-state index in [4.69, 9.17) is 10.2 Å². The van der Waals surface area contributed by atoms with Crippen LogP contribution in [0.3, 0.4) is 0 Å². The van der Waals surface area contributed by atoms with Gasteiger partial charge in [-0.1, -0.05) is 30.3 Å². The highest BCUT2D eigenvalue weighted by Crippen LogP contribution is 2.13. The van der Waals surface area contributed by atoms with Gasteiger partial charge in [-0.05, 0) is 12.5 Å². The average Bonchev–Trinajstić information content (AvgIpc) is 2.46.